The number of hydrogen-bond acceptors (Lipinski definition) is 4. The minimum Gasteiger partial charge on any atom is -0.382 e. The molecule has 4 rings (SSSR count). The summed E-state index contributed by atoms with van der Waals surface area (Å²) in [4.78, 5) is 2.37. The molecule has 2 N–H and O–H groups in total. The molecule has 3 aromatic rings. The van der Waals surface area contributed by atoms with Crippen LogP contribution < -0.4 is 5.73 Å². The van der Waals surface area contributed by atoms with Crippen LogP contribution >= 0.6 is 11.6 Å². The van der Waals surface area contributed by atoms with Crippen molar-refractivity contribution in [2.24, 2.45) is 0 Å². The monoisotopic (exact) mass is 364 g/mol. The van der Waals surface area contributed by atoms with Gasteiger partial charge in [0.15, 0.2) is 0 Å². The van der Waals surface area contributed by atoms with Gasteiger partial charge in [0.05, 0.1) is 5.69 Å². The number of anilines is 1. The molecule has 2 aromatic carbocycles. The Hall–Kier alpha value is -2.43. The lowest BCUT2D eigenvalue weighted by atomic mass is 9.86. The van der Waals surface area contributed by atoms with E-state index in [0.717, 1.165) is 35.8 Å². The first-order chi connectivity index (χ1) is 12.6. The van der Waals surface area contributed by atoms with Crippen LogP contribution in [0.15, 0.2) is 54.6 Å². The Bertz CT molecular complexity index is 906. The number of nitrogens with zero attached hydrogens (tertiary/aromatic N) is 3. The summed E-state index contributed by atoms with van der Waals surface area (Å²) in [6.45, 7) is 1.98. The number of hydrogen-bond donors (Lipinski definition) is 1. The van der Waals surface area contributed by atoms with Crippen molar-refractivity contribution in [3.63, 3.8) is 0 Å². The average molecular weight is 365 g/mol. The number of rotatable bonds is 2. The molecule has 0 amide bonds. The molecule has 132 valence electrons. The van der Waals surface area contributed by atoms with Crippen molar-refractivity contribution in [2.75, 3.05) is 19.3 Å². The van der Waals surface area contributed by atoms with Crippen molar-refractivity contribution in [3.8, 4) is 11.3 Å². The summed E-state index contributed by atoms with van der Waals surface area (Å²) in [6.07, 6.45) is 1.09. The molecule has 4 nitrogen and oxygen atoms in total. The van der Waals surface area contributed by atoms with Crippen molar-refractivity contribution in [1.29, 1.82) is 0 Å². The Morgan fingerprint density at radius 3 is 2.58 bits per heavy atom. The van der Waals surface area contributed by atoms with Gasteiger partial charge in [0.2, 0.25) is 0 Å². The van der Waals surface area contributed by atoms with E-state index in [1.807, 2.05) is 18.2 Å². The van der Waals surface area contributed by atoms with Gasteiger partial charge in [0.25, 0.3) is 0 Å². The Labute approximate surface area is 158 Å². The molecule has 0 bridgehead atoms. The van der Waals surface area contributed by atoms with Crippen LogP contribution in [0.2, 0.25) is 5.02 Å². The van der Waals surface area contributed by atoms with Crippen LogP contribution in [-0.2, 0) is 6.54 Å². The van der Waals surface area contributed by atoms with Gasteiger partial charge in [-0.1, -0.05) is 35.9 Å². The molecule has 1 aromatic heterocycles. The molecule has 0 aliphatic carbocycles. The van der Waals surface area contributed by atoms with Crippen molar-refractivity contribution in [2.45, 2.75) is 18.9 Å². The Morgan fingerprint density at radius 2 is 1.85 bits per heavy atom. The highest BCUT2D eigenvalue weighted by Crippen LogP contribution is 2.36. The molecule has 1 atom stereocenters. The minimum absolute atomic E-state index is 0.374. The number of aromatic nitrogens is 2. The maximum atomic E-state index is 6.08. The standard InChI is InChI=1S/C21H21ClN4/c1-26-11-10-19(14-2-5-17(22)6-3-14)18-7-4-15(12-16(18)13-26)20-8-9-21(23)25-24-20/h2-9,12,19H,10-11,13H2,1H3,(H2,23,25). The van der Waals surface area contributed by atoms with Crippen LogP contribution in [0, 0.1) is 0 Å². The second-order valence-corrected chi connectivity index (χ2v) is 7.32. The average Bonchev–Trinajstić information content (AvgIpc) is 2.81. The summed E-state index contributed by atoms with van der Waals surface area (Å²) in [5, 5.41) is 8.98. The van der Waals surface area contributed by atoms with E-state index in [0.29, 0.717) is 11.7 Å². The number of fused-ring (bicyclic) bond motifs is 1. The Kier molecular flexibility index (Phi) is 4.62. The summed E-state index contributed by atoms with van der Waals surface area (Å²) in [7, 11) is 2.17. The van der Waals surface area contributed by atoms with E-state index < -0.39 is 0 Å². The number of halogens is 1. The summed E-state index contributed by atoms with van der Waals surface area (Å²) < 4.78 is 0. The van der Waals surface area contributed by atoms with E-state index in [-0.39, 0.29) is 0 Å². The first-order valence-corrected chi connectivity index (χ1v) is 9.14. The molecule has 0 saturated carbocycles. The lowest BCUT2D eigenvalue weighted by Gasteiger charge is -2.18. The number of benzene rings is 2. The third kappa shape index (κ3) is 3.43. The quantitative estimate of drug-likeness (QED) is 0.734. The van der Waals surface area contributed by atoms with Gasteiger partial charge in [-0.25, -0.2) is 0 Å². The van der Waals surface area contributed by atoms with Gasteiger partial charge in [-0.05, 0) is 67.0 Å². The second kappa shape index (κ2) is 7.06. The fourth-order valence-corrected chi connectivity index (χ4v) is 3.78. The molecule has 0 spiro atoms. The highest BCUT2D eigenvalue weighted by Gasteiger charge is 2.23. The Morgan fingerprint density at radius 1 is 1.04 bits per heavy atom. The van der Waals surface area contributed by atoms with Crippen LogP contribution in [0.5, 0.6) is 0 Å². The predicted octanol–water partition coefficient (Wildman–Crippen LogP) is 4.35. The van der Waals surface area contributed by atoms with E-state index in [4.69, 9.17) is 17.3 Å². The number of nitrogen functional groups attached to an aromatic ring is 1. The zero-order chi connectivity index (χ0) is 18.1. The van der Waals surface area contributed by atoms with E-state index in [2.05, 4.69) is 52.5 Å². The maximum absolute atomic E-state index is 6.08. The summed E-state index contributed by atoms with van der Waals surface area (Å²) in [5.41, 5.74) is 11.6. The predicted molar refractivity (Wildman–Crippen MR) is 106 cm³/mol. The fraction of sp³-hybridized carbons (Fsp3) is 0.238. The van der Waals surface area contributed by atoms with Crippen molar-refractivity contribution >= 4 is 17.4 Å². The molecular weight excluding hydrogens is 344 g/mol. The van der Waals surface area contributed by atoms with Crippen LogP contribution in [0.4, 0.5) is 5.82 Å². The fourth-order valence-electron chi connectivity index (χ4n) is 3.65. The lowest BCUT2D eigenvalue weighted by molar-refractivity contribution is 0.328. The van der Waals surface area contributed by atoms with Gasteiger partial charge in [-0.2, -0.15) is 0 Å². The highest BCUT2D eigenvalue weighted by molar-refractivity contribution is 6.30. The molecular formula is C21H21ClN4. The molecule has 2 heterocycles. The molecule has 5 heteroatoms. The normalized spacial score (nSPS) is 17.5. The zero-order valence-corrected chi connectivity index (χ0v) is 15.4. The first kappa shape index (κ1) is 17.0. The van der Waals surface area contributed by atoms with Crippen LogP contribution in [-0.4, -0.2) is 28.7 Å². The lowest BCUT2D eigenvalue weighted by Crippen LogP contribution is -2.17. The first-order valence-electron chi connectivity index (χ1n) is 8.76. The van der Waals surface area contributed by atoms with Gasteiger partial charge < -0.3 is 10.6 Å². The van der Waals surface area contributed by atoms with Gasteiger partial charge in [-0.15, -0.1) is 10.2 Å². The van der Waals surface area contributed by atoms with Crippen LogP contribution in [0.25, 0.3) is 11.3 Å². The van der Waals surface area contributed by atoms with E-state index in [1.54, 1.807) is 6.07 Å². The molecule has 26 heavy (non-hydrogen) atoms. The molecule has 1 aliphatic heterocycles. The van der Waals surface area contributed by atoms with Crippen LogP contribution in [0.3, 0.4) is 0 Å². The Balaban J connectivity index is 1.76. The number of nitrogens with two attached hydrogens (primary N) is 1. The van der Waals surface area contributed by atoms with Gasteiger partial charge in [0, 0.05) is 23.0 Å². The summed E-state index contributed by atoms with van der Waals surface area (Å²) in [5.74, 6) is 0.810. The van der Waals surface area contributed by atoms with E-state index >= 15 is 0 Å². The van der Waals surface area contributed by atoms with Crippen molar-refractivity contribution < 1.29 is 0 Å². The largest absolute Gasteiger partial charge is 0.382 e. The molecule has 0 saturated heterocycles. The van der Waals surface area contributed by atoms with Crippen molar-refractivity contribution in [1.82, 2.24) is 15.1 Å². The summed E-state index contributed by atoms with van der Waals surface area (Å²) in [6, 6.07) is 18.5. The maximum Gasteiger partial charge on any atom is 0.146 e. The van der Waals surface area contributed by atoms with Gasteiger partial charge >= 0.3 is 0 Å². The van der Waals surface area contributed by atoms with E-state index in [1.165, 1.54) is 16.7 Å². The van der Waals surface area contributed by atoms with Gasteiger partial charge in [0.1, 0.15) is 5.82 Å². The zero-order valence-electron chi connectivity index (χ0n) is 14.7. The third-order valence-corrected chi connectivity index (χ3v) is 5.26. The molecule has 1 unspecified atom stereocenters. The van der Waals surface area contributed by atoms with Gasteiger partial charge in [-0.3, -0.25) is 0 Å². The molecule has 0 radical (unpaired) electrons. The van der Waals surface area contributed by atoms with E-state index in [9.17, 15) is 0 Å². The summed E-state index contributed by atoms with van der Waals surface area (Å²) >= 11 is 6.08. The molecule has 1 aliphatic rings. The smallest absolute Gasteiger partial charge is 0.146 e. The highest BCUT2D eigenvalue weighted by atomic mass is 35.5. The second-order valence-electron chi connectivity index (χ2n) is 6.89. The molecule has 0 fully saturated rings. The third-order valence-electron chi connectivity index (χ3n) is 5.01. The van der Waals surface area contributed by atoms with Crippen molar-refractivity contribution in [3.05, 3.63) is 76.3 Å². The topological polar surface area (TPSA) is 55.0 Å². The van der Waals surface area contributed by atoms with Crippen LogP contribution in [0.1, 0.15) is 29.0 Å². The SMILES string of the molecule is CN1CCC(c2ccc(Cl)cc2)c2ccc(-c3ccc(N)nn3)cc2C1. The minimum atomic E-state index is 0.374.